The van der Waals surface area contributed by atoms with E-state index in [2.05, 4.69) is 10.9 Å². The molecule has 0 aromatic heterocycles. The van der Waals surface area contributed by atoms with Crippen molar-refractivity contribution in [1.82, 2.24) is 15.8 Å². The largest absolute Gasteiger partial charge is 0.493 e. The molecule has 9 heteroatoms. The van der Waals surface area contributed by atoms with Crippen LogP contribution in [0.4, 0.5) is 0 Å². The lowest BCUT2D eigenvalue weighted by molar-refractivity contribution is -0.136. The van der Waals surface area contributed by atoms with E-state index in [1.807, 2.05) is 30.3 Å². The van der Waals surface area contributed by atoms with Gasteiger partial charge in [-0.15, -0.1) is 0 Å². The molecule has 0 aliphatic carbocycles. The first kappa shape index (κ1) is 21.9. The number of hydrogen-bond acceptors (Lipinski definition) is 6. The smallest absolute Gasteiger partial charge is 0.269 e. The molecule has 0 spiro atoms. The van der Waals surface area contributed by atoms with Gasteiger partial charge in [-0.25, -0.2) is 0 Å². The molecule has 2 aromatic carbocycles. The highest BCUT2D eigenvalue weighted by Gasteiger charge is 2.36. The number of carbonyl (C=O) groups is 3. The SMILES string of the molecule is COc1cc(C(=O)NNC(=O)C2CCC(=O)N2Cc2ccccc2)cc(OC)c1OC. The number of benzene rings is 2. The lowest BCUT2D eigenvalue weighted by Crippen LogP contribution is -2.50. The van der Waals surface area contributed by atoms with E-state index in [4.69, 9.17) is 14.2 Å². The van der Waals surface area contributed by atoms with Crippen LogP contribution in [-0.2, 0) is 16.1 Å². The molecular formula is C22H25N3O6. The molecule has 1 aliphatic heterocycles. The molecule has 9 nitrogen and oxygen atoms in total. The fourth-order valence-corrected chi connectivity index (χ4v) is 3.47. The summed E-state index contributed by atoms with van der Waals surface area (Å²) < 4.78 is 15.7. The van der Waals surface area contributed by atoms with Crippen LogP contribution in [0.2, 0.25) is 0 Å². The first-order valence-corrected chi connectivity index (χ1v) is 9.72. The number of rotatable bonds is 7. The quantitative estimate of drug-likeness (QED) is 0.651. The normalized spacial score (nSPS) is 15.4. The number of nitrogens with one attached hydrogen (secondary N) is 2. The molecule has 0 saturated carbocycles. The Balaban J connectivity index is 1.67. The van der Waals surface area contributed by atoms with Crippen molar-refractivity contribution in [2.24, 2.45) is 0 Å². The standard InChI is InChI=1S/C22H25N3O6/c1-29-17-11-15(12-18(30-2)20(17)31-3)21(27)23-24-22(28)16-9-10-19(26)25(16)13-14-7-5-4-6-8-14/h4-8,11-12,16H,9-10,13H2,1-3H3,(H,23,27)(H,24,28). The minimum absolute atomic E-state index is 0.0973. The van der Waals surface area contributed by atoms with E-state index >= 15 is 0 Å². The van der Waals surface area contributed by atoms with Gasteiger partial charge < -0.3 is 19.1 Å². The molecule has 1 fully saturated rings. The number of carbonyl (C=O) groups excluding carboxylic acids is 3. The first-order chi connectivity index (χ1) is 15.0. The average Bonchev–Trinajstić information content (AvgIpc) is 3.16. The van der Waals surface area contributed by atoms with Crippen molar-refractivity contribution in [2.75, 3.05) is 21.3 Å². The van der Waals surface area contributed by atoms with Gasteiger partial charge >= 0.3 is 0 Å². The molecule has 1 atom stereocenters. The van der Waals surface area contributed by atoms with E-state index in [0.717, 1.165) is 5.56 Å². The van der Waals surface area contributed by atoms with Crippen LogP contribution in [0.5, 0.6) is 17.2 Å². The summed E-state index contributed by atoms with van der Waals surface area (Å²) in [6.45, 7) is 0.332. The summed E-state index contributed by atoms with van der Waals surface area (Å²) in [5, 5.41) is 0. The molecule has 1 aliphatic rings. The van der Waals surface area contributed by atoms with Crippen molar-refractivity contribution in [3.8, 4) is 17.2 Å². The predicted octanol–water partition coefficient (Wildman–Crippen LogP) is 1.66. The number of methoxy groups -OCH3 is 3. The van der Waals surface area contributed by atoms with Gasteiger partial charge in [0.25, 0.3) is 11.8 Å². The summed E-state index contributed by atoms with van der Waals surface area (Å²) in [4.78, 5) is 39.1. The molecular weight excluding hydrogens is 402 g/mol. The molecule has 1 heterocycles. The summed E-state index contributed by atoms with van der Waals surface area (Å²) in [5.41, 5.74) is 5.94. The predicted molar refractivity (Wildman–Crippen MR) is 112 cm³/mol. The first-order valence-electron chi connectivity index (χ1n) is 9.72. The van der Waals surface area contributed by atoms with Gasteiger partial charge in [-0.1, -0.05) is 30.3 Å². The summed E-state index contributed by atoms with van der Waals surface area (Å²) in [6.07, 6.45) is 0.670. The van der Waals surface area contributed by atoms with Crippen LogP contribution in [0.25, 0.3) is 0 Å². The van der Waals surface area contributed by atoms with Crippen molar-refractivity contribution < 1.29 is 28.6 Å². The van der Waals surface area contributed by atoms with Crippen LogP contribution in [0, 0.1) is 0 Å². The van der Waals surface area contributed by atoms with Gasteiger partial charge in [-0.3, -0.25) is 25.2 Å². The fourth-order valence-electron chi connectivity index (χ4n) is 3.47. The van der Waals surface area contributed by atoms with E-state index in [-0.39, 0.29) is 17.9 Å². The third-order valence-electron chi connectivity index (χ3n) is 5.05. The van der Waals surface area contributed by atoms with Crippen LogP contribution in [0.15, 0.2) is 42.5 Å². The van der Waals surface area contributed by atoms with Gasteiger partial charge in [0.2, 0.25) is 11.7 Å². The highest BCUT2D eigenvalue weighted by atomic mass is 16.5. The summed E-state index contributed by atoms with van der Waals surface area (Å²) in [7, 11) is 4.35. The number of nitrogens with zero attached hydrogens (tertiary/aromatic N) is 1. The highest BCUT2D eigenvalue weighted by Crippen LogP contribution is 2.38. The third-order valence-corrected chi connectivity index (χ3v) is 5.05. The second-order valence-electron chi connectivity index (χ2n) is 6.92. The van der Waals surface area contributed by atoms with E-state index in [0.29, 0.717) is 30.2 Å². The Morgan fingerprint density at radius 1 is 1.00 bits per heavy atom. The molecule has 0 bridgehead atoms. The Hall–Kier alpha value is -3.75. The second-order valence-corrected chi connectivity index (χ2v) is 6.92. The Labute approximate surface area is 180 Å². The van der Waals surface area contributed by atoms with E-state index in [1.165, 1.54) is 38.4 Å². The molecule has 1 saturated heterocycles. The van der Waals surface area contributed by atoms with Gasteiger partial charge in [0, 0.05) is 18.5 Å². The number of likely N-dealkylation sites (tertiary alicyclic amines) is 1. The zero-order chi connectivity index (χ0) is 22.4. The van der Waals surface area contributed by atoms with Crippen LogP contribution >= 0.6 is 0 Å². The van der Waals surface area contributed by atoms with Gasteiger partial charge in [0.05, 0.1) is 21.3 Å². The van der Waals surface area contributed by atoms with Crippen LogP contribution in [-0.4, -0.2) is 50.0 Å². The van der Waals surface area contributed by atoms with Crippen molar-refractivity contribution in [3.05, 3.63) is 53.6 Å². The number of hydrogen-bond donors (Lipinski definition) is 2. The maximum Gasteiger partial charge on any atom is 0.269 e. The fraction of sp³-hybridized carbons (Fsp3) is 0.318. The van der Waals surface area contributed by atoms with Gasteiger partial charge in [0.1, 0.15) is 6.04 Å². The Morgan fingerprint density at radius 3 is 2.23 bits per heavy atom. The van der Waals surface area contributed by atoms with E-state index in [1.54, 1.807) is 0 Å². The summed E-state index contributed by atoms with van der Waals surface area (Å²) >= 11 is 0. The average molecular weight is 427 g/mol. The third kappa shape index (κ3) is 4.88. The molecule has 164 valence electrons. The molecule has 31 heavy (non-hydrogen) atoms. The summed E-state index contributed by atoms with van der Waals surface area (Å²) in [5.74, 6) is -0.136. The maximum atomic E-state index is 12.7. The second kappa shape index (κ2) is 9.84. The lowest BCUT2D eigenvalue weighted by atomic mass is 10.1. The van der Waals surface area contributed by atoms with Gasteiger partial charge in [-0.05, 0) is 24.1 Å². The molecule has 1 unspecified atom stereocenters. The molecule has 3 rings (SSSR count). The number of amides is 3. The number of ether oxygens (including phenoxy) is 3. The monoisotopic (exact) mass is 427 g/mol. The van der Waals surface area contributed by atoms with Crippen molar-refractivity contribution >= 4 is 17.7 Å². The minimum atomic E-state index is -0.659. The Bertz CT molecular complexity index is 938. The van der Waals surface area contributed by atoms with Crippen LogP contribution in [0.3, 0.4) is 0 Å². The molecule has 0 radical (unpaired) electrons. The zero-order valence-corrected chi connectivity index (χ0v) is 17.6. The van der Waals surface area contributed by atoms with Crippen molar-refractivity contribution in [3.63, 3.8) is 0 Å². The minimum Gasteiger partial charge on any atom is -0.493 e. The van der Waals surface area contributed by atoms with E-state index in [9.17, 15) is 14.4 Å². The zero-order valence-electron chi connectivity index (χ0n) is 17.6. The molecule has 2 N–H and O–H groups in total. The van der Waals surface area contributed by atoms with Crippen molar-refractivity contribution in [2.45, 2.75) is 25.4 Å². The lowest BCUT2D eigenvalue weighted by Gasteiger charge is -2.24. The highest BCUT2D eigenvalue weighted by molar-refractivity contribution is 5.98. The van der Waals surface area contributed by atoms with Gasteiger partial charge in [0.15, 0.2) is 11.5 Å². The molecule has 3 amide bonds. The van der Waals surface area contributed by atoms with Crippen LogP contribution in [0.1, 0.15) is 28.8 Å². The van der Waals surface area contributed by atoms with Gasteiger partial charge in [-0.2, -0.15) is 0 Å². The Morgan fingerprint density at radius 2 is 1.65 bits per heavy atom. The van der Waals surface area contributed by atoms with E-state index < -0.39 is 17.9 Å². The topological polar surface area (TPSA) is 106 Å². The Kier molecular flexibility index (Phi) is 6.96. The van der Waals surface area contributed by atoms with Crippen LogP contribution < -0.4 is 25.1 Å². The molecule has 2 aromatic rings. The van der Waals surface area contributed by atoms with Crippen molar-refractivity contribution in [1.29, 1.82) is 0 Å². The number of hydrazine groups is 1. The summed E-state index contributed by atoms with van der Waals surface area (Å²) in [6, 6.07) is 11.7. The maximum absolute atomic E-state index is 12.7.